The Kier molecular flexibility index (Phi) is 4.74. The van der Waals surface area contributed by atoms with Crippen molar-refractivity contribution in [2.45, 2.75) is 39.2 Å². The number of rotatable bonds is 7. The Hall–Kier alpha value is -0.610. The minimum absolute atomic E-state index is 0.102. The van der Waals surface area contributed by atoms with Gasteiger partial charge in [-0.15, -0.1) is 0 Å². The van der Waals surface area contributed by atoms with Crippen molar-refractivity contribution in [1.29, 1.82) is 0 Å². The van der Waals surface area contributed by atoms with E-state index in [2.05, 4.69) is 5.32 Å². The van der Waals surface area contributed by atoms with Gasteiger partial charge in [0.25, 0.3) is 0 Å². The maximum atomic E-state index is 11.4. The lowest BCUT2D eigenvalue weighted by Crippen LogP contribution is -2.45. The van der Waals surface area contributed by atoms with Crippen LogP contribution in [0.5, 0.6) is 0 Å². The van der Waals surface area contributed by atoms with Gasteiger partial charge in [0.1, 0.15) is 6.61 Å². The Balaban J connectivity index is 2.08. The molecular formula is C12H23NO3. The molecule has 0 aliphatic heterocycles. The zero-order valence-corrected chi connectivity index (χ0v) is 10.5. The Bertz CT molecular complexity index is 234. The van der Waals surface area contributed by atoms with E-state index in [1.807, 2.05) is 13.8 Å². The second-order valence-corrected chi connectivity index (χ2v) is 5.25. The van der Waals surface area contributed by atoms with Gasteiger partial charge in [-0.05, 0) is 31.6 Å². The molecule has 0 aromatic heterocycles. The van der Waals surface area contributed by atoms with Crippen LogP contribution in [0, 0.1) is 11.8 Å². The van der Waals surface area contributed by atoms with E-state index in [-0.39, 0.29) is 25.0 Å². The van der Waals surface area contributed by atoms with Crippen LogP contribution in [0.3, 0.4) is 0 Å². The highest BCUT2D eigenvalue weighted by molar-refractivity contribution is 5.77. The second kappa shape index (κ2) is 5.64. The van der Waals surface area contributed by atoms with E-state index in [4.69, 9.17) is 4.74 Å². The van der Waals surface area contributed by atoms with E-state index < -0.39 is 5.60 Å². The summed E-state index contributed by atoms with van der Waals surface area (Å²) >= 11 is 0. The molecule has 1 amide bonds. The SMILES string of the molecule is CC(C)C(C)(O)CNC(=O)COCC1CC1. The van der Waals surface area contributed by atoms with Gasteiger partial charge in [-0.3, -0.25) is 4.79 Å². The van der Waals surface area contributed by atoms with Crippen molar-refractivity contribution in [1.82, 2.24) is 5.32 Å². The van der Waals surface area contributed by atoms with Gasteiger partial charge in [-0.1, -0.05) is 13.8 Å². The van der Waals surface area contributed by atoms with Gasteiger partial charge in [-0.2, -0.15) is 0 Å². The standard InChI is InChI=1S/C12H23NO3/c1-9(2)12(3,15)8-13-11(14)7-16-6-10-4-5-10/h9-10,15H,4-8H2,1-3H3,(H,13,14). The first kappa shape index (κ1) is 13.5. The molecule has 0 aromatic carbocycles. The van der Waals surface area contributed by atoms with Crippen molar-refractivity contribution in [2.24, 2.45) is 11.8 Å². The molecule has 0 radical (unpaired) electrons. The highest BCUT2D eigenvalue weighted by Crippen LogP contribution is 2.28. The summed E-state index contributed by atoms with van der Waals surface area (Å²) in [6.45, 7) is 6.64. The van der Waals surface area contributed by atoms with Crippen molar-refractivity contribution < 1.29 is 14.6 Å². The molecule has 0 bridgehead atoms. The van der Waals surface area contributed by atoms with Gasteiger partial charge in [0.15, 0.2) is 0 Å². The smallest absolute Gasteiger partial charge is 0.246 e. The lowest BCUT2D eigenvalue weighted by molar-refractivity contribution is -0.127. The molecule has 16 heavy (non-hydrogen) atoms. The van der Waals surface area contributed by atoms with Gasteiger partial charge in [0.05, 0.1) is 12.2 Å². The fraction of sp³-hybridized carbons (Fsp3) is 0.917. The summed E-state index contributed by atoms with van der Waals surface area (Å²) < 4.78 is 5.25. The highest BCUT2D eigenvalue weighted by atomic mass is 16.5. The predicted molar refractivity (Wildman–Crippen MR) is 62.0 cm³/mol. The molecular weight excluding hydrogens is 206 g/mol. The molecule has 4 heteroatoms. The highest BCUT2D eigenvalue weighted by Gasteiger charge is 2.25. The summed E-state index contributed by atoms with van der Waals surface area (Å²) in [5.41, 5.74) is -0.855. The molecule has 2 N–H and O–H groups in total. The van der Waals surface area contributed by atoms with Crippen LogP contribution in [0.4, 0.5) is 0 Å². The average Bonchev–Trinajstić information content (AvgIpc) is 2.98. The Morgan fingerprint density at radius 3 is 2.69 bits per heavy atom. The van der Waals surface area contributed by atoms with E-state index in [1.165, 1.54) is 12.8 Å². The van der Waals surface area contributed by atoms with Crippen LogP contribution in [0.15, 0.2) is 0 Å². The number of ether oxygens (including phenoxy) is 1. The summed E-state index contributed by atoms with van der Waals surface area (Å²) in [5, 5.41) is 12.6. The van der Waals surface area contributed by atoms with Gasteiger partial charge in [-0.25, -0.2) is 0 Å². The molecule has 1 aliphatic carbocycles. The predicted octanol–water partition coefficient (Wildman–Crippen LogP) is 0.936. The van der Waals surface area contributed by atoms with Crippen LogP contribution >= 0.6 is 0 Å². The van der Waals surface area contributed by atoms with E-state index in [0.29, 0.717) is 12.5 Å². The quantitative estimate of drug-likeness (QED) is 0.683. The molecule has 1 aliphatic rings. The molecule has 1 atom stereocenters. The van der Waals surface area contributed by atoms with Gasteiger partial charge in [0.2, 0.25) is 5.91 Å². The summed E-state index contributed by atoms with van der Waals surface area (Å²) in [4.78, 5) is 11.4. The number of aliphatic hydroxyl groups is 1. The molecule has 0 saturated heterocycles. The first-order chi connectivity index (χ1) is 7.42. The minimum atomic E-state index is -0.855. The number of nitrogens with one attached hydrogen (secondary N) is 1. The van der Waals surface area contributed by atoms with Crippen molar-refractivity contribution in [3.63, 3.8) is 0 Å². The van der Waals surface area contributed by atoms with Crippen LogP contribution in [-0.4, -0.2) is 36.4 Å². The van der Waals surface area contributed by atoms with Crippen molar-refractivity contribution in [3.8, 4) is 0 Å². The Labute approximate surface area is 97.4 Å². The van der Waals surface area contributed by atoms with Gasteiger partial charge in [0, 0.05) is 6.54 Å². The first-order valence-corrected chi connectivity index (χ1v) is 5.98. The van der Waals surface area contributed by atoms with E-state index in [1.54, 1.807) is 6.92 Å². The van der Waals surface area contributed by atoms with Gasteiger partial charge >= 0.3 is 0 Å². The van der Waals surface area contributed by atoms with Crippen LogP contribution < -0.4 is 5.32 Å². The van der Waals surface area contributed by atoms with Crippen LogP contribution in [0.25, 0.3) is 0 Å². The number of amides is 1. The van der Waals surface area contributed by atoms with Crippen molar-refractivity contribution in [3.05, 3.63) is 0 Å². The Morgan fingerprint density at radius 2 is 2.19 bits per heavy atom. The van der Waals surface area contributed by atoms with Crippen LogP contribution in [-0.2, 0) is 9.53 Å². The fourth-order valence-corrected chi connectivity index (χ4v) is 1.14. The van der Waals surface area contributed by atoms with Gasteiger partial charge < -0.3 is 15.2 Å². The molecule has 1 fully saturated rings. The molecule has 1 rings (SSSR count). The van der Waals surface area contributed by atoms with E-state index in [9.17, 15) is 9.90 Å². The minimum Gasteiger partial charge on any atom is -0.388 e. The molecule has 1 unspecified atom stereocenters. The number of carbonyl (C=O) groups excluding carboxylic acids is 1. The van der Waals surface area contributed by atoms with E-state index >= 15 is 0 Å². The van der Waals surface area contributed by atoms with Crippen LogP contribution in [0.2, 0.25) is 0 Å². The summed E-state index contributed by atoms with van der Waals surface area (Å²) in [6.07, 6.45) is 2.45. The third-order valence-corrected chi connectivity index (χ3v) is 3.17. The summed E-state index contributed by atoms with van der Waals surface area (Å²) in [6, 6.07) is 0. The molecule has 0 aromatic rings. The van der Waals surface area contributed by atoms with Crippen molar-refractivity contribution >= 4 is 5.91 Å². The summed E-state index contributed by atoms with van der Waals surface area (Å²) in [5.74, 6) is 0.633. The Morgan fingerprint density at radius 1 is 1.56 bits per heavy atom. The largest absolute Gasteiger partial charge is 0.388 e. The average molecular weight is 229 g/mol. The zero-order chi connectivity index (χ0) is 12.2. The lowest BCUT2D eigenvalue weighted by atomic mass is 9.93. The zero-order valence-electron chi connectivity index (χ0n) is 10.5. The topological polar surface area (TPSA) is 58.6 Å². The second-order valence-electron chi connectivity index (χ2n) is 5.25. The maximum absolute atomic E-state index is 11.4. The number of hydrogen-bond acceptors (Lipinski definition) is 3. The molecule has 4 nitrogen and oxygen atoms in total. The molecule has 94 valence electrons. The molecule has 0 spiro atoms. The molecule has 1 saturated carbocycles. The van der Waals surface area contributed by atoms with Crippen molar-refractivity contribution in [2.75, 3.05) is 19.8 Å². The van der Waals surface area contributed by atoms with Crippen LogP contribution in [0.1, 0.15) is 33.6 Å². The maximum Gasteiger partial charge on any atom is 0.246 e. The number of carbonyl (C=O) groups is 1. The fourth-order valence-electron chi connectivity index (χ4n) is 1.14. The normalized spacial score (nSPS) is 19.6. The lowest BCUT2D eigenvalue weighted by Gasteiger charge is -2.27. The third kappa shape index (κ3) is 4.94. The summed E-state index contributed by atoms with van der Waals surface area (Å²) in [7, 11) is 0. The van der Waals surface area contributed by atoms with E-state index in [0.717, 1.165) is 0 Å². The molecule has 0 heterocycles. The first-order valence-electron chi connectivity index (χ1n) is 5.98. The third-order valence-electron chi connectivity index (χ3n) is 3.17. The monoisotopic (exact) mass is 229 g/mol. The number of hydrogen-bond donors (Lipinski definition) is 2.